The molecule has 118 valence electrons. The predicted molar refractivity (Wildman–Crippen MR) is 79.9 cm³/mol. The highest BCUT2D eigenvalue weighted by Crippen LogP contribution is 2.19. The molecule has 1 aromatic carbocycles. The molecule has 0 radical (unpaired) electrons. The van der Waals surface area contributed by atoms with E-state index in [2.05, 4.69) is 14.5 Å². The van der Waals surface area contributed by atoms with Gasteiger partial charge in [0.1, 0.15) is 10.7 Å². The molecule has 0 amide bonds. The molecule has 0 aliphatic carbocycles. The van der Waals surface area contributed by atoms with Gasteiger partial charge in [0.15, 0.2) is 0 Å². The van der Waals surface area contributed by atoms with Crippen LogP contribution in [0.2, 0.25) is 0 Å². The lowest BCUT2D eigenvalue weighted by Gasteiger charge is -2.37. The van der Waals surface area contributed by atoms with E-state index in [9.17, 15) is 12.8 Å². The van der Waals surface area contributed by atoms with Crippen molar-refractivity contribution in [2.75, 3.05) is 46.0 Å². The minimum absolute atomic E-state index is 0.0398. The summed E-state index contributed by atoms with van der Waals surface area (Å²) < 4.78 is 40.2. The van der Waals surface area contributed by atoms with Crippen LogP contribution in [0, 0.1) is 5.82 Å². The van der Waals surface area contributed by atoms with Crippen LogP contribution < -0.4 is 10.5 Å². The monoisotopic (exact) mass is 316 g/mol. The molecular formula is C13H21FN4O2S. The lowest BCUT2D eigenvalue weighted by atomic mass is 10.2. The predicted octanol–water partition coefficient (Wildman–Crippen LogP) is -0.0680. The van der Waals surface area contributed by atoms with Gasteiger partial charge in [-0.1, -0.05) is 0 Å². The van der Waals surface area contributed by atoms with E-state index in [-0.39, 0.29) is 23.2 Å². The second-order valence-corrected chi connectivity index (χ2v) is 7.17. The van der Waals surface area contributed by atoms with Crippen molar-refractivity contribution >= 4 is 15.7 Å². The number of rotatable bonds is 4. The molecule has 0 bridgehead atoms. The number of hydrogen-bond acceptors (Lipinski definition) is 5. The van der Waals surface area contributed by atoms with E-state index in [0.717, 1.165) is 31.8 Å². The van der Waals surface area contributed by atoms with E-state index in [1.807, 2.05) is 14.1 Å². The van der Waals surface area contributed by atoms with Crippen LogP contribution in [0.5, 0.6) is 0 Å². The number of halogens is 1. The molecule has 1 aromatic rings. The van der Waals surface area contributed by atoms with Gasteiger partial charge in [-0.3, -0.25) is 4.90 Å². The summed E-state index contributed by atoms with van der Waals surface area (Å²) >= 11 is 0. The van der Waals surface area contributed by atoms with Crippen molar-refractivity contribution < 1.29 is 12.8 Å². The Morgan fingerprint density at radius 3 is 2.81 bits per heavy atom. The van der Waals surface area contributed by atoms with Crippen LogP contribution in [-0.2, 0) is 10.0 Å². The van der Waals surface area contributed by atoms with E-state index >= 15 is 0 Å². The Hall–Kier alpha value is -1.22. The summed E-state index contributed by atoms with van der Waals surface area (Å²) in [7, 11) is 0.146. The van der Waals surface area contributed by atoms with Gasteiger partial charge in [-0.05, 0) is 32.3 Å². The highest BCUT2D eigenvalue weighted by atomic mass is 32.2. The number of likely N-dealkylation sites (N-methyl/N-ethyl adjacent to an activating group) is 2. The largest absolute Gasteiger partial charge is 0.398 e. The van der Waals surface area contributed by atoms with Crippen LogP contribution in [0.25, 0.3) is 0 Å². The number of nitrogen functional groups attached to an aromatic ring is 1. The standard InChI is InChI=1S/C13H21FN4O2S/c1-17-5-6-18(2)11(9-17)8-16-21(19,20)13-7-10(14)3-4-12(13)15/h3-4,7,11,16H,5-6,8-9,15H2,1-2H3. The maximum absolute atomic E-state index is 13.2. The SMILES string of the molecule is CN1CCN(C)C(CNS(=O)(=O)c2cc(F)ccc2N)C1. The van der Waals surface area contributed by atoms with E-state index in [1.54, 1.807) is 0 Å². The van der Waals surface area contributed by atoms with Gasteiger partial charge >= 0.3 is 0 Å². The third kappa shape index (κ3) is 3.91. The number of nitrogens with one attached hydrogen (secondary N) is 1. The van der Waals surface area contributed by atoms with E-state index in [0.29, 0.717) is 0 Å². The van der Waals surface area contributed by atoms with Gasteiger partial charge in [0.2, 0.25) is 10.0 Å². The summed E-state index contributed by atoms with van der Waals surface area (Å²) in [5, 5.41) is 0. The molecule has 1 unspecified atom stereocenters. The highest BCUT2D eigenvalue weighted by molar-refractivity contribution is 7.89. The number of piperazine rings is 1. The van der Waals surface area contributed by atoms with Gasteiger partial charge in [0.05, 0.1) is 5.69 Å². The van der Waals surface area contributed by atoms with Gasteiger partial charge in [-0.25, -0.2) is 17.5 Å². The van der Waals surface area contributed by atoms with Crippen molar-refractivity contribution in [1.82, 2.24) is 14.5 Å². The van der Waals surface area contributed by atoms with Gasteiger partial charge in [-0.2, -0.15) is 0 Å². The molecular weight excluding hydrogens is 295 g/mol. The van der Waals surface area contributed by atoms with Gasteiger partial charge in [0, 0.05) is 32.2 Å². The van der Waals surface area contributed by atoms with Gasteiger partial charge < -0.3 is 10.6 Å². The van der Waals surface area contributed by atoms with Crippen LogP contribution in [0.3, 0.4) is 0 Å². The zero-order valence-electron chi connectivity index (χ0n) is 12.2. The third-order valence-corrected chi connectivity index (χ3v) is 5.23. The van der Waals surface area contributed by atoms with Crippen molar-refractivity contribution in [3.05, 3.63) is 24.0 Å². The average molecular weight is 316 g/mol. The molecule has 1 saturated heterocycles. The number of sulfonamides is 1. The number of nitrogens with two attached hydrogens (primary N) is 1. The summed E-state index contributed by atoms with van der Waals surface area (Å²) in [6.07, 6.45) is 0. The topological polar surface area (TPSA) is 78.7 Å². The first-order valence-electron chi connectivity index (χ1n) is 6.73. The molecule has 21 heavy (non-hydrogen) atoms. The Labute approximate surface area is 124 Å². The molecule has 1 aliphatic rings. The Kier molecular flexibility index (Phi) is 4.82. The fourth-order valence-electron chi connectivity index (χ4n) is 2.35. The summed E-state index contributed by atoms with van der Waals surface area (Å²) in [6, 6.07) is 3.41. The molecule has 2 rings (SSSR count). The van der Waals surface area contributed by atoms with Crippen molar-refractivity contribution in [3.8, 4) is 0 Å². The Morgan fingerprint density at radius 1 is 1.38 bits per heavy atom. The van der Waals surface area contributed by atoms with Crippen LogP contribution in [-0.4, -0.2) is 64.5 Å². The van der Waals surface area contributed by atoms with E-state index < -0.39 is 15.8 Å². The lowest BCUT2D eigenvalue weighted by molar-refractivity contribution is 0.117. The number of anilines is 1. The molecule has 0 saturated carbocycles. The molecule has 0 aromatic heterocycles. The summed E-state index contributed by atoms with van der Waals surface area (Å²) in [5.74, 6) is -0.626. The lowest BCUT2D eigenvalue weighted by Crippen LogP contribution is -2.54. The summed E-state index contributed by atoms with van der Waals surface area (Å²) in [5.41, 5.74) is 5.67. The zero-order valence-corrected chi connectivity index (χ0v) is 13.0. The van der Waals surface area contributed by atoms with Crippen molar-refractivity contribution in [1.29, 1.82) is 0 Å². The fourth-order valence-corrected chi connectivity index (χ4v) is 3.56. The Morgan fingerprint density at radius 2 is 2.10 bits per heavy atom. The molecule has 1 atom stereocenters. The molecule has 8 heteroatoms. The molecule has 3 N–H and O–H groups in total. The maximum atomic E-state index is 13.2. The number of benzene rings is 1. The molecule has 1 heterocycles. The first kappa shape index (κ1) is 16.2. The third-order valence-electron chi connectivity index (χ3n) is 3.75. The van der Waals surface area contributed by atoms with E-state index in [1.165, 1.54) is 6.07 Å². The van der Waals surface area contributed by atoms with Crippen LogP contribution in [0.4, 0.5) is 10.1 Å². The Balaban J connectivity index is 2.09. The summed E-state index contributed by atoms with van der Waals surface area (Å²) in [4.78, 5) is 4.04. The van der Waals surface area contributed by atoms with Gasteiger partial charge in [0.25, 0.3) is 0 Å². The van der Waals surface area contributed by atoms with Crippen molar-refractivity contribution in [2.24, 2.45) is 0 Å². The number of hydrogen-bond donors (Lipinski definition) is 2. The molecule has 6 nitrogen and oxygen atoms in total. The molecule has 0 spiro atoms. The summed E-state index contributed by atoms with van der Waals surface area (Å²) in [6.45, 7) is 2.87. The van der Waals surface area contributed by atoms with Crippen molar-refractivity contribution in [3.63, 3.8) is 0 Å². The Bertz CT molecular complexity index is 608. The number of nitrogens with zero attached hydrogens (tertiary/aromatic N) is 2. The van der Waals surface area contributed by atoms with Crippen LogP contribution in [0.15, 0.2) is 23.1 Å². The first-order valence-corrected chi connectivity index (χ1v) is 8.21. The fraction of sp³-hybridized carbons (Fsp3) is 0.538. The minimum atomic E-state index is -3.81. The quantitative estimate of drug-likeness (QED) is 0.761. The van der Waals surface area contributed by atoms with Crippen molar-refractivity contribution in [2.45, 2.75) is 10.9 Å². The second kappa shape index (κ2) is 6.27. The average Bonchev–Trinajstić information content (AvgIpc) is 2.42. The smallest absolute Gasteiger partial charge is 0.242 e. The second-order valence-electron chi connectivity index (χ2n) is 5.43. The highest BCUT2D eigenvalue weighted by Gasteiger charge is 2.25. The maximum Gasteiger partial charge on any atom is 0.242 e. The molecule has 1 fully saturated rings. The van der Waals surface area contributed by atoms with Gasteiger partial charge in [-0.15, -0.1) is 0 Å². The van der Waals surface area contributed by atoms with E-state index in [4.69, 9.17) is 5.73 Å². The first-order chi connectivity index (χ1) is 9.79. The molecule has 1 aliphatic heterocycles. The van der Waals surface area contributed by atoms with Crippen LogP contribution in [0.1, 0.15) is 0 Å². The normalized spacial score (nSPS) is 21.6. The zero-order chi connectivity index (χ0) is 15.6. The van der Waals surface area contributed by atoms with Crippen LogP contribution >= 0.6 is 0 Å². The minimum Gasteiger partial charge on any atom is -0.398 e.